The summed E-state index contributed by atoms with van der Waals surface area (Å²) in [5.74, 6) is 0.825. The predicted molar refractivity (Wildman–Crippen MR) is 73.6 cm³/mol. The van der Waals surface area contributed by atoms with E-state index in [1.54, 1.807) is 12.1 Å². The fourth-order valence-electron chi connectivity index (χ4n) is 1.88. The van der Waals surface area contributed by atoms with E-state index in [0.29, 0.717) is 23.8 Å². The van der Waals surface area contributed by atoms with Crippen LogP contribution >= 0.6 is 0 Å². The van der Waals surface area contributed by atoms with Crippen LogP contribution in [0.5, 0.6) is 0 Å². The summed E-state index contributed by atoms with van der Waals surface area (Å²) in [4.78, 5) is 17.9. The van der Waals surface area contributed by atoms with Crippen molar-refractivity contribution in [2.75, 3.05) is 19.1 Å². The molecule has 0 amide bonds. The Morgan fingerprint density at radius 1 is 1.40 bits per heavy atom. The van der Waals surface area contributed by atoms with Crippen molar-refractivity contribution >= 4 is 11.7 Å². The first kappa shape index (κ1) is 14.0. The first-order valence-electron chi connectivity index (χ1n) is 6.35. The fraction of sp³-hybridized carbons (Fsp3) is 0.357. The number of methoxy groups -OCH3 is 1. The van der Waals surface area contributed by atoms with Gasteiger partial charge in [-0.25, -0.2) is 4.79 Å². The zero-order valence-corrected chi connectivity index (χ0v) is 11.8. The first-order chi connectivity index (χ1) is 9.65. The number of carbonyl (C=O) groups excluding carboxylic acids is 1. The molecule has 6 nitrogen and oxygen atoms in total. The minimum atomic E-state index is -0.368. The SMILES string of the molecule is CCc1noc(CN(C)c2ccccc2C(=O)OC)n1. The third kappa shape index (κ3) is 2.96. The smallest absolute Gasteiger partial charge is 0.339 e. The maximum absolute atomic E-state index is 11.7. The normalized spacial score (nSPS) is 10.3. The number of nitrogens with zero attached hydrogens (tertiary/aromatic N) is 3. The molecule has 0 atom stereocenters. The van der Waals surface area contributed by atoms with Crippen LogP contribution in [0.3, 0.4) is 0 Å². The number of hydrogen-bond donors (Lipinski definition) is 0. The molecule has 6 heteroatoms. The molecule has 0 bridgehead atoms. The predicted octanol–water partition coefficient (Wildman–Crippen LogP) is 2.05. The third-order valence-corrected chi connectivity index (χ3v) is 2.92. The quantitative estimate of drug-likeness (QED) is 0.778. The second-order valence-electron chi connectivity index (χ2n) is 4.32. The number of aromatic nitrogens is 2. The number of ether oxygens (including phenoxy) is 1. The molecule has 0 aliphatic heterocycles. The molecule has 0 radical (unpaired) electrons. The van der Waals surface area contributed by atoms with E-state index in [-0.39, 0.29) is 5.97 Å². The number of hydrogen-bond acceptors (Lipinski definition) is 6. The van der Waals surface area contributed by atoms with Gasteiger partial charge in [0, 0.05) is 13.5 Å². The average Bonchev–Trinajstić information content (AvgIpc) is 2.94. The summed E-state index contributed by atoms with van der Waals surface area (Å²) in [6, 6.07) is 7.24. The lowest BCUT2D eigenvalue weighted by Crippen LogP contribution is -2.20. The molecule has 0 fully saturated rings. The Morgan fingerprint density at radius 3 is 2.80 bits per heavy atom. The fourth-order valence-corrected chi connectivity index (χ4v) is 1.88. The maximum atomic E-state index is 11.7. The second-order valence-corrected chi connectivity index (χ2v) is 4.32. The van der Waals surface area contributed by atoms with E-state index in [9.17, 15) is 4.79 Å². The Morgan fingerprint density at radius 2 is 2.15 bits per heavy atom. The molecule has 2 rings (SSSR count). The summed E-state index contributed by atoms with van der Waals surface area (Å²) in [6.07, 6.45) is 0.728. The Labute approximate surface area is 117 Å². The highest BCUT2D eigenvalue weighted by molar-refractivity contribution is 5.95. The zero-order valence-electron chi connectivity index (χ0n) is 11.8. The molecule has 0 N–H and O–H groups in total. The van der Waals surface area contributed by atoms with Crippen molar-refractivity contribution in [2.24, 2.45) is 0 Å². The monoisotopic (exact) mass is 275 g/mol. The van der Waals surface area contributed by atoms with E-state index in [0.717, 1.165) is 12.1 Å². The van der Waals surface area contributed by atoms with Gasteiger partial charge in [0.1, 0.15) is 0 Å². The lowest BCUT2D eigenvalue weighted by atomic mass is 10.1. The highest BCUT2D eigenvalue weighted by Crippen LogP contribution is 2.21. The van der Waals surface area contributed by atoms with Gasteiger partial charge in [-0.3, -0.25) is 0 Å². The first-order valence-corrected chi connectivity index (χ1v) is 6.35. The van der Waals surface area contributed by atoms with Crippen molar-refractivity contribution in [1.29, 1.82) is 0 Å². The summed E-state index contributed by atoms with van der Waals surface area (Å²) in [5, 5.41) is 3.85. The molecule has 0 aliphatic rings. The van der Waals surface area contributed by atoms with Crippen molar-refractivity contribution in [3.05, 3.63) is 41.5 Å². The van der Waals surface area contributed by atoms with Gasteiger partial charge in [-0.15, -0.1) is 0 Å². The molecular weight excluding hydrogens is 258 g/mol. The number of esters is 1. The third-order valence-electron chi connectivity index (χ3n) is 2.92. The lowest BCUT2D eigenvalue weighted by molar-refractivity contribution is 0.0601. The van der Waals surface area contributed by atoms with Crippen LogP contribution in [0.25, 0.3) is 0 Å². The van der Waals surface area contributed by atoms with Crippen LogP contribution in [-0.4, -0.2) is 30.3 Å². The molecule has 1 aromatic heterocycles. The van der Waals surface area contributed by atoms with Gasteiger partial charge in [0.15, 0.2) is 5.82 Å². The van der Waals surface area contributed by atoms with Crippen LogP contribution in [0.2, 0.25) is 0 Å². The van der Waals surface area contributed by atoms with Crippen LogP contribution in [0, 0.1) is 0 Å². The van der Waals surface area contributed by atoms with Gasteiger partial charge in [-0.05, 0) is 12.1 Å². The van der Waals surface area contributed by atoms with Gasteiger partial charge in [-0.2, -0.15) is 4.98 Å². The van der Waals surface area contributed by atoms with E-state index in [4.69, 9.17) is 9.26 Å². The zero-order chi connectivity index (χ0) is 14.5. The number of carbonyl (C=O) groups is 1. The highest BCUT2D eigenvalue weighted by Gasteiger charge is 2.16. The second kappa shape index (κ2) is 6.18. The van der Waals surface area contributed by atoms with Crippen molar-refractivity contribution in [1.82, 2.24) is 10.1 Å². The number of benzene rings is 1. The standard InChI is InChI=1S/C14H17N3O3/c1-4-12-15-13(20-16-12)9-17(2)11-8-6-5-7-10(11)14(18)19-3/h5-8H,4,9H2,1-3H3. The molecule has 106 valence electrons. The van der Waals surface area contributed by atoms with E-state index in [1.807, 2.05) is 31.0 Å². The molecule has 0 saturated heterocycles. The van der Waals surface area contributed by atoms with Gasteiger partial charge in [-0.1, -0.05) is 24.2 Å². The van der Waals surface area contributed by atoms with Crippen LogP contribution in [-0.2, 0) is 17.7 Å². The van der Waals surface area contributed by atoms with Gasteiger partial charge >= 0.3 is 5.97 Å². The molecule has 20 heavy (non-hydrogen) atoms. The van der Waals surface area contributed by atoms with Gasteiger partial charge in [0.2, 0.25) is 5.89 Å². The lowest BCUT2D eigenvalue weighted by Gasteiger charge is -2.19. The van der Waals surface area contributed by atoms with E-state index in [2.05, 4.69) is 10.1 Å². The molecule has 0 unspecified atom stereocenters. The molecular formula is C14H17N3O3. The largest absolute Gasteiger partial charge is 0.465 e. The molecule has 2 aromatic rings. The molecule has 0 saturated carbocycles. The van der Waals surface area contributed by atoms with Crippen molar-refractivity contribution in [3.8, 4) is 0 Å². The van der Waals surface area contributed by atoms with Crippen LogP contribution in [0.1, 0.15) is 29.0 Å². The van der Waals surface area contributed by atoms with Crippen molar-refractivity contribution < 1.29 is 14.1 Å². The van der Waals surface area contributed by atoms with Crippen LogP contribution in [0.4, 0.5) is 5.69 Å². The minimum Gasteiger partial charge on any atom is -0.465 e. The van der Waals surface area contributed by atoms with E-state index >= 15 is 0 Å². The van der Waals surface area contributed by atoms with Crippen molar-refractivity contribution in [2.45, 2.75) is 19.9 Å². The average molecular weight is 275 g/mol. The number of rotatable bonds is 5. The summed E-state index contributed by atoms with van der Waals surface area (Å²) in [7, 11) is 3.22. The number of anilines is 1. The molecule has 1 aromatic carbocycles. The minimum absolute atomic E-state index is 0.368. The Bertz CT molecular complexity index is 595. The van der Waals surface area contributed by atoms with E-state index < -0.39 is 0 Å². The topological polar surface area (TPSA) is 68.5 Å². The van der Waals surface area contributed by atoms with Gasteiger partial charge in [0.25, 0.3) is 0 Å². The molecule has 1 heterocycles. The Kier molecular flexibility index (Phi) is 4.34. The maximum Gasteiger partial charge on any atom is 0.339 e. The van der Waals surface area contributed by atoms with Gasteiger partial charge < -0.3 is 14.2 Å². The Balaban J connectivity index is 2.20. The number of para-hydroxylation sites is 1. The van der Waals surface area contributed by atoms with E-state index in [1.165, 1.54) is 7.11 Å². The summed E-state index contributed by atoms with van der Waals surface area (Å²) >= 11 is 0. The summed E-state index contributed by atoms with van der Waals surface area (Å²) in [5.41, 5.74) is 1.27. The van der Waals surface area contributed by atoms with Crippen molar-refractivity contribution in [3.63, 3.8) is 0 Å². The highest BCUT2D eigenvalue weighted by atomic mass is 16.5. The van der Waals surface area contributed by atoms with Crippen LogP contribution in [0.15, 0.2) is 28.8 Å². The molecule has 0 aliphatic carbocycles. The summed E-state index contributed by atoms with van der Waals surface area (Å²) in [6.45, 7) is 2.39. The molecule has 0 spiro atoms. The van der Waals surface area contributed by atoms with Crippen LogP contribution < -0.4 is 4.90 Å². The Hall–Kier alpha value is -2.37. The summed E-state index contributed by atoms with van der Waals surface area (Å²) < 4.78 is 9.94. The van der Waals surface area contributed by atoms with Gasteiger partial charge in [0.05, 0.1) is 24.9 Å². The number of aryl methyl sites for hydroxylation is 1.